The van der Waals surface area contributed by atoms with Gasteiger partial charge in [-0.3, -0.25) is 14.9 Å². The van der Waals surface area contributed by atoms with E-state index >= 15 is 0 Å². The molecule has 0 saturated heterocycles. The van der Waals surface area contributed by atoms with Gasteiger partial charge in [-0.05, 0) is 12.1 Å². The van der Waals surface area contributed by atoms with Crippen LogP contribution in [0.3, 0.4) is 0 Å². The van der Waals surface area contributed by atoms with Crippen LogP contribution in [0, 0.1) is 0 Å². The van der Waals surface area contributed by atoms with Crippen LogP contribution >= 0.6 is 0 Å². The number of amides is 1. The molecule has 1 amide bonds. The molecule has 18 heavy (non-hydrogen) atoms. The summed E-state index contributed by atoms with van der Waals surface area (Å²) >= 11 is 0. The molecule has 2 aromatic heterocycles. The number of fused-ring (bicyclic) bond motifs is 1. The molecule has 0 unspecified atom stereocenters. The van der Waals surface area contributed by atoms with Crippen molar-refractivity contribution in [3.63, 3.8) is 0 Å². The molecule has 1 aliphatic rings. The lowest BCUT2D eigenvalue weighted by atomic mass is 10.1. The van der Waals surface area contributed by atoms with Gasteiger partial charge in [0.15, 0.2) is 5.69 Å². The van der Waals surface area contributed by atoms with Gasteiger partial charge < -0.3 is 10.6 Å². The number of carbonyl (C=O) groups excluding carboxylic acids is 1. The molecule has 1 aliphatic heterocycles. The fourth-order valence-electron chi connectivity index (χ4n) is 2.04. The van der Waals surface area contributed by atoms with Crippen molar-refractivity contribution in [1.29, 1.82) is 0 Å². The van der Waals surface area contributed by atoms with Crippen molar-refractivity contribution in [2.24, 2.45) is 0 Å². The van der Waals surface area contributed by atoms with Gasteiger partial charge in [0.05, 0.1) is 11.9 Å². The van der Waals surface area contributed by atoms with E-state index in [1.807, 2.05) is 0 Å². The van der Waals surface area contributed by atoms with Gasteiger partial charge in [0.2, 0.25) is 0 Å². The molecular formula is C12H13N5O. The monoisotopic (exact) mass is 243 g/mol. The number of rotatable bonds is 2. The van der Waals surface area contributed by atoms with E-state index in [0.717, 1.165) is 24.2 Å². The lowest BCUT2D eigenvalue weighted by Crippen LogP contribution is -2.25. The molecule has 3 rings (SSSR count). The second kappa shape index (κ2) is 4.58. The number of nitrogens with one attached hydrogen (secondary N) is 3. The van der Waals surface area contributed by atoms with E-state index in [0.29, 0.717) is 17.9 Å². The third-order valence-electron chi connectivity index (χ3n) is 2.94. The number of hydrogen-bond donors (Lipinski definition) is 3. The summed E-state index contributed by atoms with van der Waals surface area (Å²) < 4.78 is 0. The Morgan fingerprint density at radius 3 is 3.22 bits per heavy atom. The summed E-state index contributed by atoms with van der Waals surface area (Å²) in [7, 11) is 0. The highest BCUT2D eigenvalue weighted by atomic mass is 16.1. The van der Waals surface area contributed by atoms with Gasteiger partial charge in [-0.2, -0.15) is 5.10 Å². The van der Waals surface area contributed by atoms with E-state index in [9.17, 15) is 4.79 Å². The number of nitrogens with zero attached hydrogens (tertiary/aromatic N) is 2. The Balaban J connectivity index is 1.83. The lowest BCUT2D eigenvalue weighted by Gasteiger charge is -2.12. The van der Waals surface area contributed by atoms with Gasteiger partial charge in [-0.1, -0.05) is 0 Å². The van der Waals surface area contributed by atoms with Crippen LogP contribution in [0.15, 0.2) is 24.5 Å². The number of aromatic nitrogens is 3. The van der Waals surface area contributed by atoms with Gasteiger partial charge >= 0.3 is 0 Å². The van der Waals surface area contributed by atoms with Crippen molar-refractivity contribution in [1.82, 2.24) is 20.5 Å². The highest BCUT2D eigenvalue weighted by molar-refractivity contribution is 6.03. The molecule has 0 atom stereocenters. The minimum absolute atomic E-state index is 0.204. The summed E-state index contributed by atoms with van der Waals surface area (Å²) in [5.74, 6) is -0.204. The third-order valence-corrected chi connectivity index (χ3v) is 2.94. The molecule has 0 aromatic carbocycles. The zero-order valence-electron chi connectivity index (χ0n) is 9.73. The van der Waals surface area contributed by atoms with Gasteiger partial charge in [-0.25, -0.2) is 0 Å². The second-order valence-corrected chi connectivity index (χ2v) is 4.15. The fraction of sp³-hybridized carbons (Fsp3) is 0.250. The molecule has 0 bridgehead atoms. The molecule has 3 heterocycles. The van der Waals surface area contributed by atoms with Crippen LogP contribution in [0.25, 0.3) is 0 Å². The first-order valence-electron chi connectivity index (χ1n) is 5.83. The summed E-state index contributed by atoms with van der Waals surface area (Å²) in [4.78, 5) is 16.0. The molecule has 0 saturated carbocycles. The number of anilines is 1. The average molecular weight is 243 g/mol. The first-order valence-corrected chi connectivity index (χ1v) is 5.83. The maximum atomic E-state index is 12.1. The highest BCUT2D eigenvalue weighted by Crippen LogP contribution is 2.16. The molecule has 6 heteroatoms. The first kappa shape index (κ1) is 10.9. The van der Waals surface area contributed by atoms with E-state index < -0.39 is 0 Å². The van der Waals surface area contributed by atoms with Crippen LogP contribution in [0.5, 0.6) is 0 Å². The molecule has 2 aromatic rings. The Hall–Kier alpha value is -2.21. The van der Waals surface area contributed by atoms with E-state index in [1.165, 1.54) is 0 Å². The normalized spacial score (nSPS) is 14.0. The number of pyridine rings is 1. The van der Waals surface area contributed by atoms with Crippen molar-refractivity contribution >= 4 is 11.6 Å². The van der Waals surface area contributed by atoms with Gasteiger partial charge in [0, 0.05) is 37.0 Å². The molecule has 92 valence electrons. The van der Waals surface area contributed by atoms with E-state index in [2.05, 4.69) is 25.8 Å². The maximum absolute atomic E-state index is 12.1. The second-order valence-electron chi connectivity index (χ2n) is 4.15. The van der Waals surface area contributed by atoms with Gasteiger partial charge in [0.1, 0.15) is 0 Å². The van der Waals surface area contributed by atoms with Crippen LogP contribution in [-0.2, 0) is 13.0 Å². The Kier molecular flexibility index (Phi) is 2.77. The molecule has 3 N–H and O–H groups in total. The van der Waals surface area contributed by atoms with Crippen LogP contribution in [0.4, 0.5) is 5.69 Å². The average Bonchev–Trinajstić information content (AvgIpc) is 2.84. The first-order chi connectivity index (χ1) is 8.84. The highest BCUT2D eigenvalue weighted by Gasteiger charge is 2.21. The standard InChI is InChI=1S/C12H13N5O/c18-12(15-8-2-1-4-13-6-8)11-9-7-14-5-3-10(9)16-17-11/h1-2,4,6,14H,3,5,7H2,(H,15,18)(H,16,17). The summed E-state index contributed by atoms with van der Waals surface area (Å²) in [5, 5.41) is 13.0. The fourth-order valence-corrected chi connectivity index (χ4v) is 2.04. The smallest absolute Gasteiger partial charge is 0.276 e. The summed E-state index contributed by atoms with van der Waals surface area (Å²) in [5.41, 5.74) is 3.14. The minimum Gasteiger partial charge on any atom is -0.319 e. The number of H-pyrrole nitrogens is 1. The van der Waals surface area contributed by atoms with Crippen LogP contribution < -0.4 is 10.6 Å². The predicted octanol–water partition coefficient (Wildman–Crippen LogP) is 0.703. The number of aromatic amines is 1. The van der Waals surface area contributed by atoms with Crippen molar-refractivity contribution < 1.29 is 4.79 Å². The molecule has 0 aliphatic carbocycles. The summed E-state index contributed by atoms with van der Waals surface area (Å²) in [6, 6.07) is 3.57. The van der Waals surface area contributed by atoms with Crippen LogP contribution in [-0.4, -0.2) is 27.6 Å². The van der Waals surface area contributed by atoms with Crippen molar-refractivity contribution in [3.05, 3.63) is 41.5 Å². The zero-order valence-corrected chi connectivity index (χ0v) is 9.73. The van der Waals surface area contributed by atoms with E-state index in [-0.39, 0.29) is 5.91 Å². The van der Waals surface area contributed by atoms with Crippen LogP contribution in [0.2, 0.25) is 0 Å². The van der Waals surface area contributed by atoms with Gasteiger partial charge in [0.25, 0.3) is 5.91 Å². The Bertz CT molecular complexity index is 563. The largest absolute Gasteiger partial charge is 0.319 e. The predicted molar refractivity (Wildman–Crippen MR) is 66.2 cm³/mol. The van der Waals surface area contributed by atoms with E-state index in [1.54, 1.807) is 24.5 Å². The Morgan fingerprint density at radius 1 is 1.44 bits per heavy atom. The van der Waals surface area contributed by atoms with Crippen LogP contribution in [0.1, 0.15) is 21.7 Å². The maximum Gasteiger partial charge on any atom is 0.276 e. The quantitative estimate of drug-likeness (QED) is 0.725. The summed E-state index contributed by atoms with van der Waals surface area (Å²) in [6.07, 6.45) is 4.15. The minimum atomic E-state index is -0.204. The van der Waals surface area contributed by atoms with Crippen molar-refractivity contribution in [3.8, 4) is 0 Å². The van der Waals surface area contributed by atoms with Crippen molar-refractivity contribution in [2.75, 3.05) is 11.9 Å². The third kappa shape index (κ3) is 1.98. The molecular weight excluding hydrogens is 230 g/mol. The Morgan fingerprint density at radius 2 is 2.39 bits per heavy atom. The topological polar surface area (TPSA) is 82.7 Å². The van der Waals surface area contributed by atoms with Crippen molar-refractivity contribution in [2.45, 2.75) is 13.0 Å². The SMILES string of the molecule is O=C(Nc1cccnc1)c1n[nH]c2c1CNCC2. The molecule has 0 spiro atoms. The van der Waals surface area contributed by atoms with Gasteiger partial charge in [-0.15, -0.1) is 0 Å². The molecule has 6 nitrogen and oxygen atoms in total. The Labute approximate surface area is 104 Å². The lowest BCUT2D eigenvalue weighted by molar-refractivity contribution is 0.102. The molecule has 0 radical (unpaired) electrons. The summed E-state index contributed by atoms with van der Waals surface area (Å²) in [6.45, 7) is 1.60. The number of carbonyl (C=O) groups is 1. The zero-order chi connectivity index (χ0) is 12.4. The van der Waals surface area contributed by atoms with E-state index in [4.69, 9.17) is 0 Å². The number of hydrogen-bond acceptors (Lipinski definition) is 4. The molecule has 0 fully saturated rings.